The first kappa shape index (κ1) is 21.5. The van der Waals surface area contributed by atoms with Crippen LogP contribution in [0.15, 0.2) is 24.5 Å². The molecule has 0 unspecified atom stereocenters. The molecule has 0 saturated heterocycles. The van der Waals surface area contributed by atoms with E-state index in [4.69, 9.17) is 0 Å². The summed E-state index contributed by atoms with van der Waals surface area (Å²) in [5, 5.41) is 6.01. The summed E-state index contributed by atoms with van der Waals surface area (Å²) < 4.78 is 0. The third-order valence-electron chi connectivity index (χ3n) is 5.51. The zero-order chi connectivity index (χ0) is 22.0. The van der Waals surface area contributed by atoms with E-state index in [0.717, 1.165) is 11.4 Å². The molecule has 1 fully saturated rings. The smallest absolute Gasteiger partial charge is 0.261 e. The summed E-state index contributed by atoms with van der Waals surface area (Å²) in [4.78, 5) is 38.8. The fraction of sp³-hybridized carbons (Fsp3) is 0.478. The highest BCUT2D eigenvalue weighted by Gasteiger charge is 2.20. The number of fused-ring (bicyclic) bond motifs is 1. The van der Waals surface area contributed by atoms with Crippen molar-refractivity contribution in [2.45, 2.75) is 46.5 Å². The number of carbonyl (C=O) groups excluding carboxylic acids is 2. The number of hydrogen-bond donors (Lipinski definition) is 3. The Morgan fingerprint density at radius 2 is 1.94 bits per heavy atom. The summed E-state index contributed by atoms with van der Waals surface area (Å²) in [7, 11) is 0. The molecule has 1 aliphatic rings. The normalized spacial score (nSPS) is 14.8. The minimum Gasteiger partial charge on any atom is -0.351 e. The van der Waals surface area contributed by atoms with E-state index in [1.165, 1.54) is 37.0 Å². The summed E-state index contributed by atoms with van der Waals surface area (Å²) in [5.41, 5.74) is 2.21. The van der Waals surface area contributed by atoms with Crippen LogP contribution in [0.5, 0.6) is 0 Å². The number of carbonyl (C=O) groups is 2. The zero-order valence-corrected chi connectivity index (χ0v) is 19.1. The summed E-state index contributed by atoms with van der Waals surface area (Å²) >= 11 is 1.39. The van der Waals surface area contributed by atoms with E-state index in [0.29, 0.717) is 39.8 Å². The first-order valence-corrected chi connectivity index (χ1v) is 11.6. The number of nitrogens with zero attached hydrogens (tertiary/aromatic N) is 2. The van der Waals surface area contributed by atoms with Gasteiger partial charge in [-0.15, -0.1) is 11.3 Å². The van der Waals surface area contributed by atoms with Crippen LogP contribution in [0, 0.1) is 11.3 Å². The van der Waals surface area contributed by atoms with Crippen LogP contribution in [-0.2, 0) is 0 Å². The highest BCUT2D eigenvalue weighted by atomic mass is 32.1. The Morgan fingerprint density at radius 1 is 1.16 bits per heavy atom. The van der Waals surface area contributed by atoms with Crippen molar-refractivity contribution in [2.75, 3.05) is 13.1 Å². The number of amides is 2. The van der Waals surface area contributed by atoms with Crippen LogP contribution in [0.2, 0.25) is 0 Å². The second-order valence-corrected chi connectivity index (χ2v) is 10.5. The maximum Gasteiger partial charge on any atom is 0.261 e. The minimum atomic E-state index is -0.175. The Labute approximate surface area is 186 Å². The summed E-state index contributed by atoms with van der Waals surface area (Å²) in [6.45, 7) is 7.51. The van der Waals surface area contributed by atoms with E-state index in [9.17, 15) is 9.59 Å². The third-order valence-corrected chi connectivity index (χ3v) is 6.62. The van der Waals surface area contributed by atoms with Gasteiger partial charge in [-0.2, -0.15) is 0 Å². The lowest BCUT2D eigenvalue weighted by atomic mass is 9.97. The van der Waals surface area contributed by atoms with Crippen LogP contribution in [0.25, 0.3) is 21.7 Å². The predicted octanol–water partition coefficient (Wildman–Crippen LogP) is 4.38. The molecule has 0 aromatic carbocycles. The van der Waals surface area contributed by atoms with Gasteiger partial charge in [-0.05, 0) is 36.3 Å². The van der Waals surface area contributed by atoms with Gasteiger partial charge < -0.3 is 15.6 Å². The maximum absolute atomic E-state index is 12.6. The van der Waals surface area contributed by atoms with Crippen LogP contribution in [-0.4, -0.2) is 39.9 Å². The number of thiophene rings is 1. The van der Waals surface area contributed by atoms with Crippen molar-refractivity contribution < 1.29 is 9.59 Å². The third kappa shape index (κ3) is 5.12. The number of nitrogens with one attached hydrogen (secondary N) is 3. The molecular formula is C23H29N5O2S. The van der Waals surface area contributed by atoms with Crippen LogP contribution < -0.4 is 10.6 Å². The van der Waals surface area contributed by atoms with Gasteiger partial charge >= 0.3 is 0 Å². The second-order valence-electron chi connectivity index (χ2n) is 9.42. The van der Waals surface area contributed by atoms with Crippen molar-refractivity contribution in [1.29, 1.82) is 0 Å². The lowest BCUT2D eigenvalue weighted by Crippen LogP contribution is -2.32. The van der Waals surface area contributed by atoms with Gasteiger partial charge in [0.05, 0.1) is 27.2 Å². The van der Waals surface area contributed by atoms with Crippen molar-refractivity contribution in [3.05, 3.63) is 35.0 Å². The van der Waals surface area contributed by atoms with E-state index >= 15 is 0 Å². The molecule has 3 N–H and O–H groups in total. The molecule has 3 aromatic rings. The molecule has 164 valence electrons. The van der Waals surface area contributed by atoms with Crippen LogP contribution >= 0.6 is 11.3 Å². The standard InChI is InChI=1S/C23H29N5O2S/c1-23(2,3)13-27-21(29)15-11-24-20-19(15)28-16(12-25-20)17-8-9-18(31-17)22(30)26-10-14-6-4-5-7-14/h8-9,11-12,14H,4-7,10,13H2,1-3H3,(H,24,25)(H,26,30)(H,27,29). The number of rotatable bonds is 6. The van der Waals surface area contributed by atoms with E-state index in [-0.39, 0.29) is 17.2 Å². The lowest BCUT2D eigenvalue weighted by Gasteiger charge is -2.18. The molecule has 0 atom stereocenters. The van der Waals surface area contributed by atoms with Gasteiger partial charge in [0.25, 0.3) is 11.8 Å². The van der Waals surface area contributed by atoms with Gasteiger partial charge in [0.15, 0.2) is 5.65 Å². The number of H-pyrrole nitrogens is 1. The molecule has 1 saturated carbocycles. The fourth-order valence-corrected chi connectivity index (χ4v) is 4.64. The minimum absolute atomic E-state index is 0.00961. The molecule has 7 nitrogen and oxygen atoms in total. The molecule has 4 rings (SSSR count). The zero-order valence-electron chi connectivity index (χ0n) is 18.2. The Kier molecular flexibility index (Phi) is 6.09. The topological polar surface area (TPSA) is 99.8 Å². The van der Waals surface area contributed by atoms with Crippen LogP contribution in [0.3, 0.4) is 0 Å². The van der Waals surface area contributed by atoms with Crippen LogP contribution in [0.1, 0.15) is 66.5 Å². The molecule has 3 aromatic heterocycles. The molecular weight excluding hydrogens is 410 g/mol. The first-order chi connectivity index (χ1) is 14.8. The van der Waals surface area contributed by atoms with Crippen LogP contribution in [0.4, 0.5) is 0 Å². The number of aromatic amines is 1. The average molecular weight is 440 g/mol. The molecule has 2 amide bonds. The largest absolute Gasteiger partial charge is 0.351 e. The Morgan fingerprint density at radius 3 is 2.68 bits per heavy atom. The van der Waals surface area contributed by atoms with Gasteiger partial charge in [-0.1, -0.05) is 33.6 Å². The average Bonchev–Trinajstić information content (AvgIpc) is 3.49. The Balaban J connectivity index is 1.49. The van der Waals surface area contributed by atoms with E-state index in [2.05, 4.69) is 46.4 Å². The van der Waals surface area contributed by atoms with E-state index in [1.807, 2.05) is 12.1 Å². The molecule has 0 radical (unpaired) electrons. The first-order valence-electron chi connectivity index (χ1n) is 10.8. The fourth-order valence-electron chi connectivity index (χ4n) is 3.76. The van der Waals surface area contributed by atoms with Crippen molar-refractivity contribution >= 4 is 34.3 Å². The molecule has 8 heteroatoms. The SMILES string of the molecule is CC(C)(C)CNC(=O)c1c[nH]c2ncc(-c3ccc(C(=O)NCC4CCCC4)s3)nc12. The highest BCUT2D eigenvalue weighted by molar-refractivity contribution is 7.17. The summed E-state index contributed by atoms with van der Waals surface area (Å²) in [6, 6.07) is 3.71. The van der Waals surface area contributed by atoms with Crippen molar-refractivity contribution in [1.82, 2.24) is 25.6 Å². The van der Waals surface area contributed by atoms with Gasteiger partial charge in [0.1, 0.15) is 5.52 Å². The predicted molar refractivity (Wildman–Crippen MR) is 123 cm³/mol. The monoisotopic (exact) mass is 439 g/mol. The van der Waals surface area contributed by atoms with Gasteiger partial charge in [-0.3, -0.25) is 9.59 Å². The van der Waals surface area contributed by atoms with Crippen molar-refractivity contribution in [3.63, 3.8) is 0 Å². The molecule has 1 aliphatic carbocycles. The van der Waals surface area contributed by atoms with E-state index < -0.39 is 0 Å². The van der Waals surface area contributed by atoms with Gasteiger partial charge in [-0.25, -0.2) is 9.97 Å². The van der Waals surface area contributed by atoms with Gasteiger partial charge in [0.2, 0.25) is 0 Å². The second kappa shape index (κ2) is 8.78. The molecule has 31 heavy (non-hydrogen) atoms. The Hall–Kier alpha value is -2.74. The lowest BCUT2D eigenvalue weighted by molar-refractivity contribution is 0.0936. The number of hydrogen-bond acceptors (Lipinski definition) is 5. The quantitative estimate of drug-likeness (QED) is 0.531. The summed E-state index contributed by atoms with van der Waals surface area (Å²) in [5.74, 6) is 0.389. The maximum atomic E-state index is 12.6. The highest BCUT2D eigenvalue weighted by Crippen LogP contribution is 2.29. The molecule has 0 spiro atoms. The summed E-state index contributed by atoms with van der Waals surface area (Å²) in [6.07, 6.45) is 8.24. The molecule has 0 aliphatic heterocycles. The van der Waals surface area contributed by atoms with Gasteiger partial charge in [0, 0.05) is 19.3 Å². The Bertz CT molecular complexity index is 1090. The molecule has 3 heterocycles. The van der Waals surface area contributed by atoms with E-state index in [1.54, 1.807) is 12.4 Å². The van der Waals surface area contributed by atoms with Crippen molar-refractivity contribution in [3.8, 4) is 10.6 Å². The molecule has 0 bridgehead atoms. The van der Waals surface area contributed by atoms with Crippen molar-refractivity contribution in [2.24, 2.45) is 11.3 Å². The number of aromatic nitrogens is 3.